The minimum Gasteiger partial charge on any atom is -0.488 e. The molecule has 3 aromatic carbocycles. The molecule has 0 N–H and O–H groups in total. The van der Waals surface area contributed by atoms with Crippen molar-refractivity contribution in [2.75, 3.05) is 13.2 Å². The number of halogens is 2. The second-order valence-electron chi connectivity index (χ2n) is 8.42. The van der Waals surface area contributed by atoms with Crippen molar-refractivity contribution in [1.82, 2.24) is 0 Å². The van der Waals surface area contributed by atoms with Gasteiger partial charge in [-0.2, -0.15) is 0 Å². The van der Waals surface area contributed by atoms with Crippen LogP contribution >= 0.6 is 11.6 Å². The third kappa shape index (κ3) is 4.46. The number of hydrogen-bond acceptors (Lipinski definition) is 5. The Kier molecular flexibility index (Phi) is 6.39. The Morgan fingerprint density at radius 3 is 2.63 bits per heavy atom. The molecule has 1 aliphatic heterocycles. The molecule has 5 rings (SSSR count). The van der Waals surface area contributed by atoms with E-state index >= 15 is 0 Å². The Balaban J connectivity index is 1.57. The second-order valence-corrected chi connectivity index (χ2v) is 8.82. The molecule has 0 fully saturated rings. The molecule has 0 radical (unpaired) electrons. The lowest BCUT2D eigenvalue weighted by molar-refractivity contribution is 0.171. The van der Waals surface area contributed by atoms with Crippen LogP contribution in [0, 0.1) is 12.7 Å². The normalized spacial score (nSPS) is 12.7. The highest BCUT2D eigenvalue weighted by Crippen LogP contribution is 2.36. The van der Waals surface area contributed by atoms with Gasteiger partial charge in [-0.25, -0.2) is 4.39 Å². The number of ether oxygens (including phenoxy) is 3. The average molecular weight is 495 g/mol. The van der Waals surface area contributed by atoms with Gasteiger partial charge in [0.2, 0.25) is 5.43 Å². The molecule has 5 nitrogen and oxygen atoms in total. The quantitative estimate of drug-likeness (QED) is 0.293. The van der Waals surface area contributed by atoms with E-state index in [9.17, 15) is 9.18 Å². The lowest BCUT2D eigenvalue weighted by Crippen LogP contribution is -2.15. The largest absolute Gasteiger partial charge is 0.488 e. The van der Waals surface area contributed by atoms with Crippen LogP contribution in [0.3, 0.4) is 0 Å². The van der Waals surface area contributed by atoms with E-state index in [1.165, 1.54) is 6.07 Å². The zero-order valence-electron chi connectivity index (χ0n) is 19.5. The molecule has 0 amide bonds. The molecule has 0 aliphatic carbocycles. The Morgan fingerprint density at radius 1 is 1.06 bits per heavy atom. The van der Waals surface area contributed by atoms with Crippen LogP contribution in [0.1, 0.15) is 30.2 Å². The summed E-state index contributed by atoms with van der Waals surface area (Å²) in [6.45, 7) is 4.72. The third-order valence-electron chi connectivity index (χ3n) is 6.03. The van der Waals surface area contributed by atoms with Crippen LogP contribution < -0.4 is 19.6 Å². The second kappa shape index (κ2) is 9.62. The van der Waals surface area contributed by atoms with E-state index in [1.54, 1.807) is 31.2 Å². The molecule has 4 aromatic rings. The van der Waals surface area contributed by atoms with Crippen molar-refractivity contribution in [2.45, 2.75) is 33.3 Å². The van der Waals surface area contributed by atoms with Gasteiger partial charge in [0.05, 0.1) is 16.0 Å². The van der Waals surface area contributed by atoms with Gasteiger partial charge in [0.1, 0.15) is 42.7 Å². The van der Waals surface area contributed by atoms with Crippen molar-refractivity contribution >= 4 is 22.6 Å². The average Bonchev–Trinajstić information content (AvgIpc) is 2.84. The predicted octanol–water partition coefficient (Wildman–Crippen LogP) is 6.86. The van der Waals surface area contributed by atoms with E-state index in [0.717, 1.165) is 12.0 Å². The number of aryl methyl sites for hydroxylation is 2. The molecule has 2 heterocycles. The maximum atomic E-state index is 14.2. The summed E-state index contributed by atoms with van der Waals surface area (Å²) in [4.78, 5) is 13.6. The molecule has 0 saturated carbocycles. The van der Waals surface area contributed by atoms with Crippen molar-refractivity contribution in [3.8, 4) is 28.4 Å². The molecular formula is C28H24ClFO5. The van der Waals surface area contributed by atoms with Gasteiger partial charge in [-0.3, -0.25) is 4.79 Å². The summed E-state index contributed by atoms with van der Waals surface area (Å²) in [7, 11) is 0. The van der Waals surface area contributed by atoms with E-state index in [4.69, 9.17) is 30.2 Å². The van der Waals surface area contributed by atoms with Crippen LogP contribution in [0.2, 0.25) is 5.02 Å². The molecule has 0 unspecified atom stereocenters. The number of hydrogen-bond donors (Lipinski definition) is 0. The summed E-state index contributed by atoms with van der Waals surface area (Å²) in [6.07, 6.45) is 1.53. The zero-order valence-corrected chi connectivity index (χ0v) is 20.2. The molecule has 0 spiro atoms. The fourth-order valence-electron chi connectivity index (χ4n) is 4.33. The maximum absolute atomic E-state index is 14.2. The number of rotatable bonds is 6. The fraction of sp³-hybridized carbons (Fsp3) is 0.250. The SMILES string of the molecule is CCCc1cc2c(=O)c(-c3ccc4c(c3)OCCO4)c(C)oc2cc1OCc1c(F)cccc1Cl. The van der Waals surface area contributed by atoms with Crippen LogP contribution in [-0.2, 0) is 13.0 Å². The standard InChI is InChI=1S/C28H24ClFO5/c1-3-5-17-12-19-25(14-24(17)34-15-20-21(29)6-4-7-22(20)30)35-16(2)27(28(19)31)18-8-9-23-26(13-18)33-11-10-32-23/h4,6-9,12-14H,3,5,10-11,15H2,1-2H3. The smallest absolute Gasteiger partial charge is 0.200 e. The molecule has 0 bridgehead atoms. The van der Waals surface area contributed by atoms with Crippen molar-refractivity contribution in [2.24, 2.45) is 0 Å². The summed E-state index contributed by atoms with van der Waals surface area (Å²) in [5.74, 6) is 1.85. The lowest BCUT2D eigenvalue weighted by atomic mass is 9.99. The van der Waals surface area contributed by atoms with Gasteiger partial charge in [0, 0.05) is 11.6 Å². The first kappa shape index (κ1) is 23.2. The number of benzene rings is 3. The van der Waals surface area contributed by atoms with Gasteiger partial charge in [0.15, 0.2) is 11.5 Å². The van der Waals surface area contributed by atoms with Crippen LogP contribution in [-0.4, -0.2) is 13.2 Å². The van der Waals surface area contributed by atoms with E-state index in [-0.39, 0.29) is 17.6 Å². The van der Waals surface area contributed by atoms with Crippen molar-refractivity contribution in [3.05, 3.63) is 86.5 Å². The van der Waals surface area contributed by atoms with E-state index in [2.05, 4.69) is 0 Å². The van der Waals surface area contributed by atoms with E-state index in [1.807, 2.05) is 25.1 Å². The van der Waals surface area contributed by atoms with Crippen molar-refractivity contribution in [1.29, 1.82) is 0 Å². The predicted molar refractivity (Wildman–Crippen MR) is 133 cm³/mol. The summed E-state index contributed by atoms with van der Waals surface area (Å²) < 4.78 is 37.6. The first-order valence-electron chi connectivity index (χ1n) is 11.5. The van der Waals surface area contributed by atoms with Crippen molar-refractivity contribution < 1.29 is 23.0 Å². The molecule has 35 heavy (non-hydrogen) atoms. The first-order valence-corrected chi connectivity index (χ1v) is 11.9. The van der Waals surface area contributed by atoms with E-state index < -0.39 is 5.82 Å². The monoisotopic (exact) mass is 494 g/mol. The van der Waals surface area contributed by atoms with Gasteiger partial charge in [0.25, 0.3) is 0 Å². The molecule has 0 saturated heterocycles. The van der Waals surface area contributed by atoms with Crippen LogP contribution in [0.25, 0.3) is 22.1 Å². The third-order valence-corrected chi connectivity index (χ3v) is 6.39. The summed E-state index contributed by atoms with van der Waals surface area (Å²) in [5, 5.41) is 0.759. The van der Waals surface area contributed by atoms with Crippen LogP contribution in [0.15, 0.2) is 57.7 Å². The van der Waals surface area contributed by atoms with Gasteiger partial charge < -0.3 is 18.6 Å². The summed E-state index contributed by atoms with van der Waals surface area (Å²) in [6, 6.07) is 13.5. The maximum Gasteiger partial charge on any atom is 0.200 e. The minimum atomic E-state index is -0.429. The Labute approximate surface area is 207 Å². The molecule has 1 aromatic heterocycles. The van der Waals surface area contributed by atoms with Gasteiger partial charge in [-0.1, -0.05) is 37.1 Å². The van der Waals surface area contributed by atoms with Gasteiger partial charge in [-0.15, -0.1) is 0 Å². The lowest BCUT2D eigenvalue weighted by Gasteiger charge is -2.19. The van der Waals surface area contributed by atoms with Crippen LogP contribution in [0.5, 0.6) is 17.2 Å². The van der Waals surface area contributed by atoms with Crippen molar-refractivity contribution in [3.63, 3.8) is 0 Å². The Morgan fingerprint density at radius 2 is 1.86 bits per heavy atom. The molecule has 1 aliphatic rings. The molecule has 0 atom stereocenters. The number of fused-ring (bicyclic) bond motifs is 2. The highest BCUT2D eigenvalue weighted by atomic mass is 35.5. The highest BCUT2D eigenvalue weighted by Gasteiger charge is 2.20. The Bertz CT molecular complexity index is 1460. The Hall–Kier alpha value is -3.51. The molecular weight excluding hydrogens is 471 g/mol. The minimum absolute atomic E-state index is 0.0355. The molecule has 7 heteroatoms. The molecule has 180 valence electrons. The van der Waals surface area contributed by atoms with Gasteiger partial charge >= 0.3 is 0 Å². The summed E-state index contributed by atoms with van der Waals surface area (Å²) in [5.41, 5.74) is 2.57. The summed E-state index contributed by atoms with van der Waals surface area (Å²) >= 11 is 6.16. The van der Waals surface area contributed by atoms with Crippen LogP contribution in [0.4, 0.5) is 4.39 Å². The highest BCUT2D eigenvalue weighted by molar-refractivity contribution is 6.31. The van der Waals surface area contributed by atoms with Gasteiger partial charge in [-0.05, 0) is 54.8 Å². The topological polar surface area (TPSA) is 57.9 Å². The fourth-order valence-corrected chi connectivity index (χ4v) is 4.55. The first-order chi connectivity index (χ1) is 17.0. The zero-order chi connectivity index (χ0) is 24.5. The van der Waals surface area contributed by atoms with E-state index in [0.29, 0.717) is 69.8 Å².